The van der Waals surface area contributed by atoms with Gasteiger partial charge in [0.05, 0.1) is 0 Å². The molecule has 6 aliphatic rings. The Hall–Kier alpha value is -5.06. The molecule has 592 valence electrons. The maximum absolute atomic E-state index is 14.3. The topological polar surface area (TPSA) is 194 Å². The Morgan fingerprint density at radius 2 is 0.380 bits per heavy atom. The summed E-state index contributed by atoms with van der Waals surface area (Å²) in [5.41, 5.74) is 7.21. The van der Waals surface area contributed by atoms with Gasteiger partial charge in [0, 0.05) is 91.1 Å². The number of hydrogen-bond acceptors (Lipinski definition) is 12. The van der Waals surface area contributed by atoms with Crippen LogP contribution < -0.4 is 30.6 Å². The molecule has 0 spiro atoms. The summed E-state index contributed by atoms with van der Waals surface area (Å²) in [5.74, 6) is -2.28. The Morgan fingerprint density at radius 3 is 0.500 bits per heavy atom. The first kappa shape index (κ1) is 97.1. The normalized spacial score (nSPS) is 16.0. The van der Waals surface area contributed by atoms with Gasteiger partial charge in [-0.2, -0.15) is 0 Å². The number of benzene rings is 6. The smallest absolute Gasteiger partial charge is 0.872 e. The van der Waals surface area contributed by atoms with Crippen LogP contribution in [0.3, 0.4) is 0 Å². The van der Waals surface area contributed by atoms with Crippen LogP contribution in [0.5, 0.6) is 34.5 Å². The van der Waals surface area contributed by atoms with E-state index in [1.165, 1.54) is 89.2 Å². The van der Waals surface area contributed by atoms with Crippen molar-refractivity contribution in [1.82, 2.24) is 0 Å². The summed E-state index contributed by atoms with van der Waals surface area (Å²) in [7, 11) is 0. The van der Waals surface area contributed by atoms with Crippen LogP contribution in [0.1, 0.15) is 333 Å². The summed E-state index contributed by atoms with van der Waals surface area (Å²) in [6, 6.07) is 29.4. The third-order valence-corrected chi connectivity index (χ3v) is 19.8. The van der Waals surface area contributed by atoms with Gasteiger partial charge in [0.1, 0.15) is 0 Å². The van der Waals surface area contributed by atoms with E-state index in [0.29, 0.717) is 55.6 Å². The fraction of sp³-hybridized carbons (Fsp3) is 0.617. The number of para-hydroxylation sites is 2. The molecule has 6 heterocycles. The molecule has 6 aromatic rings. The second kappa shape index (κ2) is 43.3. The van der Waals surface area contributed by atoms with Crippen molar-refractivity contribution in [1.29, 1.82) is 0 Å². The minimum absolute atomic E-state index is 0. The van der Waals surface area contributed by atoms with Gasteiger partial charge in [0.25, 0.3) is 0 Å². The van der Waals surface area contributed by atoms with Crippen LogP contribution in [0.15, 0.2) is 97.1 Å². The molecule has 12 nitrogen and oxygen atoms in total. The third-order valence-electron chi connectivity index (χ3n) is 19.8. The molecule has 14 heteroatoms. The van der Waals surface area contributed by atoms with E-state index in [1.54, 1.807) is 24.3 Å². The maximum Gasteiger partial charge on any atom is 3.00 e. The summed E-state index contributed by atoms with van der Waals surface area (Å²) in [6.07, 6.45) is 15.3. The number of rotatable bonds is 6. The van der Waals surface area contributed by atoms with Gasteiger partial charge in [-0.25, -0.2) is 0 Å². The van der Waals surface area contributed by atoms with E-state index in [4.69, 9.17) is 28.4 Å². The fourth-order valence-electron chi connectivity index (χ4n) is 12.9. The molecular weight excluding hydrogens is 1370 g/mol. The van der Waals surface area contributed by atoms with E-state index >= 15 is 0 Å². The second-order valence-electron chi connectivity index (χ2n) is 37.6. The minimum Gasteiger partial charge on any atom is -0.872 e. The van der Waals surface area contributed by atoms with E-state index in [2.05, 4.69) is 83.1 Å². The van der Waals surface area contributed by atoms with Gasteiger partial charge in [-0.15, -0.1) is 34.5 Å². The molecule has 108 heavy (non-hydrogen) atoms. The van der Waals surface area contributed by atoms with Crippen molar-refractivity contribution in [3.05, 3.63) is 175 Å². The fourth-order valence-corrected chi connectivity index (χ4v) is 12.9. The van der Waals surface area contributed by atoms with Crippen molar-refractivity contribution in [3.63, 3.8) is 0 Å². The van der Waals surface area contributed by atoms with Crippen LogP contribution in [0.4, 0.5) is 0 Å². The first-order valence-electron chi connectivity index (χ1n) is 39.7. The standard InChI is InChI=1S/2C35H48O3.6C4H8O.2Al/c2*1-32(2,3)21-17-24(30(37)26(19-21)34(7,8)9)29(23-15-13-14-16-28(23)36)25-18-22(33(4,5)6)20-27(31(25)38)35(10,11)12;6*1-2-4-5-3-1;;/h2*13-20,29,36-38H,1-12H3;6*1-4H2;;/q;;;;;;;;2*+3/p-6. The Balaban J connectivity index is 0.000000394. The zero-order valence-electron chi connectivity index (χ0n) is 71.4. The van der Waals surface area contributed by atoms with Gasteiger partial charge < -0.3 is 59.1 Å². The quantitative estimate of drug-likeness (QED) is 0.113. The molecule has 0 unspecified atom stereocenters. The van der Waals surface area contributed by atoms with Gasteiger partial charge >= 0.3 is 34.7 Å². The van der Waals surface area contributed by atoms with Gasteiger partial charge in [-0.05, 0) is 198 Å². The van der Waals surface area contributed by atoms with Crippen LogP contribution >= 0.6 is 0 Å². The van der Waals surface area contributed by atoms with Crippen molar-refractivity contribution < 1.29 is 59.1 Å². The largest absolute Gasteiger partial charge is 3.00 e. The number of hydrogen-bond donors (Lipinski definition) is 0. The zero-order valence-corrected chi connectivity index (χ0v) is 73.7. The van der Waals surface area contributed by atoms with Crippen LogP contribution in [0.2, 0.25) is 0 Å². The van der Waals surface area contributed by atoms with Crippen molar-refractivity contribution in [2.24, 2.45) is 0 Å². The first-order chi connectivity index (χ1) is 49.3. The van der Waals surface area contributed by atoms with Gasteiger partial charge in [-0.1, -0.05) is 263 Å². The molecule has 0 amide bonds. The molecule has 0 saturated carbocycles. The third kappa shape index (κ3) is 30.1. The van der Waals surface area contributed by atoms with Gasteiger partial charge in [0.15, 0.2) is 0 Å². The molecule has 6 aromatic carbocycles. The van der Waals surface area contributed by atoms with Crippen LogP contribution in [-0.4, -0.2) is 114 Å². The van der Waals surface area contributed by atoms with Crippen LogP contribution in [-0.2, 0) is 71.7 Å². The Morgan fingerprint density at radius 1 is 0.222 bits per heavy atom. The Bertz CT molecular complexity index is 3130. The average Bonchev–Trinajstić information content (AvgIpc) is 0.812. The van der Waals surface area contributed by atoms with Gasteiger partial charge in [-0.3, -0.25) is 0 Å². The average molecular weight is 1510 g/mol. The maximum atomic E-state index is 14.3. The molecule has 0 aliphatic carbocycles. The van der Waals surface area contributed by atoms with Crippen molar-refractivity contribution in [2.75, 3.05) is 79.3 Å². The Kier molecular flexibility index (Phi) is 38.9. The molecule has 0 bridgehead atoms. The molecule has 0 aromatic heterocycles. The van der Waals surface area contributed by atoms with Crippen LogP contribution in [0.25, 0.3) is 0 Å². The predicted molar refractivity (Wildman–Crippen MR) is 439 cm³/mol. The van der Waals surface area contributed by atoms with E-state index < -0.39 is 33.5 Å². The minimum atomic E-state index is -0.768. The second-order valence-corrected chi connectivity index (χ2v) is 37.6. The molecule has 6 fully saturated rings. The monoisotopic (exact) mass is 1510 g/mol. The Labute approximate surface area is 676 Å². The molecule has 6 saturated heterocycles. The molecule has 12 rings (SSSR count). The first-order valence-corrected chi connectivity index (χ1v) is 39.7. The molecule has 6 aliphatic heterocycles. The summed E-state index contributed by atoms with van der Waals surface area (Å²) < 4.78 is 29.7. The predicted octanol–water partition coefficient (Wildman–Crippen LogP) is 18.6. The molecule has 0 N–H and O–H groups in total. The molecule has 0 radical (unpaired) electrons. The van der Waals surface area contributed by atoms with E-state index in [1.807, 2.05) is 144 Å². The molecular formula is C94H138Al2O12. The van der Waals surface area contributed by atoms with Crippen LogP contribution in [0, 0.1) is 0 Å². The van der Waals surface area contributed by atoms with E-state index in [0.717, 1.165) is 102 Å². The van der Waals surface area contributed by atoms with Gasteiger partial charge in [0.2, 0.25) is 0 Å². The number of ether oxygens (including phenoxy) is 6. The summed E-state index contributed by atoms with van der Waals surface area (Å²) in [6.45, 7) is 61.9. The summed E-state index contributed by atoms with van der Waals surface area (Å²) in [4.78, 5) is 0. The molecule has 0 atom stereocenters. The SMILES string of the molecule is C1CCOC1.C1CCOC1.C1CCOC1.C1CCOC1.C1CCOC1.C1CCOC1.CC(C)(C)c1cc(C(c2ccccc2[O-])c2cc(C(C)(C)C)cc(C(C)(C)C)c2[O-])c([O-])c(C(C)(C)C)c1.CC(C)(C)c1cc(C(c2ccccc2[O-])c2cc(C(C)(C)C)cc(C(C)(C)C)c2[O-])c([O-])c(C(C)(C)C)c1.[Al+3].[Al+3]. The van der Waals surface area contributed by atoms with E-state index in [-0.39, 0.29) is 90.9 Å². The van der Waals surface area contributed by atoms with E-state index in [9.17, 15) is 30.6 Å². The zero-order chi connectivity index (χ0) is 79.2. The van der Waals surface area contributed by atoms with Crippen molar-refractivity contribution in [3.8, 4) is 34.5 Å². The van der Waals surface area contributed by atoms with Crippen molar-refractivity contribution >= 4 is 34.7 Å². The van der Waals surface area contributed by atoms with Crippen molar-refractivity contribution in [2.45, 2.75) is 298 Å². The summed E-state index contributed by atoms with van der Waals surface area (Å²) in [5, 5.41) is 83.8. The summed E-state index contributed by atoms with van der Waals surface area (Å²) >= 11 is 0.